The molecule has 3 rings (SSSR count). The SMILES string of the molecule is C=CC(N1CCCC([N+](=O)[O-])C1)S(=O)(=O)c1ccc(N2CCC(C(=O)O)CC2)s1. The average Bonchev–Trinajstić information content (AvgIpc) is 3.20. The summed E-state index contributed by atoms with van der Waals surface area (Å²) in [6.45, 7) is 5.36. The Kier molecular flexibility index (Phi) is 6.59. The molecule has 2 atom stereocenters. The maximum Gasteiger partial charge on any atom is 0.306 e. The molecule has 1 aromatic heterocycles. The van der Waals surface area contributed by atoms with Gasteiger partial charge in [-0.25, -0.2) is 8.42 Å². The molecule has 2 fully saturated rings. The number of sulfone groups is 1. The second-order valence-electron chi connectivity index (χ2n) is 7.44. The van der Waals surface area contributed by atoms with E-state index in [9.17, 15) is 23.3 Å². The van der Waals surface area contributed by atoms with Gasteiger partial charge < -0.3 is 10.0 Å². The Morgan fingerprint density at radius 1 is 1.31 bits per heavy atom. The molecule has 160 valence electrons. The number of rotatable bonds is 7. The molecule has 1 N–H and O–H groups in total. The van der Waals surface area contributed by atoms with Crippen LogP contribution in [0.25, 0.3) is 0 Å². The summed E-state index contributed by atoms with van der Waals surface area (Å²) in [7, 11) is -3.76. The maximum atomic E-state index is 13.2. The Balaban J connectivity index is 1.74. The van der Waals surface area contributed by atoms with E-state index in [0.29, 0.717) is 45.3 Å². The molecule has 11 heteroatoms. The smallest absolute Gasteiger partial charge is 0.306 e. The minimum absolute atomic E-state index is 0.0872. The van der Waals surface area contributed by atoms with Crippen molar-refractivity contribution in [1.29, 1.82) is 0 Å². The van der Waals surface area contributed by atoms with Crippen LogP contribution in [0.15, 0.2) is 29.0 Å². The minimum atomic E-state index is -3.76. The number of nitro groups is 1. The monoisotopic (exact) mass is 443 g/mol. The fraction of sp³-hybridized carbons (Fsp3) is 0.611. The first-order valence-electron chi connectivity index (χ1n) is 9.55. The second-order valence-corrected chi connectivity index (χ2v) is 10.8. The number of carboxylic acids is 1. The summed E-state index contributed by atoms with van der Waals surface area (Å²) in [5.74, 6) is -1.14. The lowest BCUT2D eigenvalue weighted by Gasteiger charge is -2.33. The molecule has 0 aliphatic carbocycles. The van der Waals surface area contributed by atoms with Gasteiger partial charge in [0.1, 0.15) is 9.58 Å². The van der Waals surface area contributed by atoms with Gasteiger partial charge in [-0.05, 0) is 31.4 Å². The van der Waals surface area contributed by atoms with Gasteiger partial charge in [0.15, 0.2) is 0 Å². The van der Waals surface area contributed by atoms with Gasteiger partial charge in [-0.15, -0.1) is 17.9 Å². The van der Waals surface area contributed by atoms with Gasteiger partial charge in [0.25, 0.3) is 0 Å². The molecule has 2 saturated heterocycles. The Morgan fingerprint density at radius 3 is 2.59 bits per heavy atom. The van der Waals surface area contributed by atoms with Crippen LogP contribution in [0.1, 0.15) is 25.7 Å². The first-order chi connectivity index (χ1) is 13.7. The zero-order valence-corrected chi connectivity index (χ0v) is 17.6. The number of aliphatic carboxylic acids is 1. The lowest BCUT2D eigenvalue weighted by molar-refractivity contribution is -0.526. The molecule has 2 aliphatic heterocycles. The molecule has 0 amide bonds. The fourth-order valence-electron chi connectivity index (χ4n) is 3.96. The second kappa shape index (κ2) is 8.80. The largest absolute Gasteiger partial charge is 0.481 e. The summed E-state index contributed by atoms with van der Waals surface area (Å²) in [4.78, 5) is 25.5. The summed E-state index contributed by atoms with van der Waals surface area (Å²) in [6.07, 6.45) is 3.42. The minimum Gasteiger partial charge on any atom is -0.481 e. The summed E-state index contributed by atoms with van der Waals surface area (Å²) >= 11 is 1.15. The zero-order valence-electron chi connectivity index (χ0n) is 16.0. The highest BCUT2D eigenvalue weighted by Crippen LogP contribution is 2.35. The van der Waals surface area contributed by atoms with Crippen molar-refractivity contribution in [2.24, 2.45) is 5.92 Å². The van der Waals surface area contributed by atoms with Crippen LogP contribution in [0.4, 0.5) is 5.00 Å². The van der Waals surface area contributed by atoms with Crippen LogP contribution in [0.2, 0.25) is 0 Å². The quantitative estimate of drug-likeness (QED) is 0.386. The Bertz CT molecular complexity index is 876. The van der Waals surface area contributed by atoms with Crippen LogP contribution < -0.4 is 4.90 Å². The van der Waals surface area contributed by atoms with Crippen molar-refractivity contribution in [3.8, 4) is 0 Å². The molecule has 9 nitrogen and oxygen atoms in total. The van der Waals surface area contributed by atoms with Crippen molar-refractivity contribution in [2.75, 3.05) is 31.1 Å². The first kappa shape index (κ1) is 21.7. The van der Waals surface area contributed by atoms with Gasteiger partial charge in [0.2, 0.25) is 15.9 Å². The van der Waals surface area contributed by atoms with Crippen LogP contribution in [0.5, 0.6) is 0 Å². The molecule has 1 aromatic rings. The van der Waals surface area contributed by atoms with Gasteiger partial charge in [-0.3, -0.25) is 19.8 Å². The summed E-state index contributed by atoms with van der Waals surface area (Å²) in [6, 6.07) is 2.54. The lowest BCUT2D eigenvalue weighted by atomic mass is 9.97. The number of hydrogen-bond acceptors (Lipinski definition) is 8. The van der Waals surface area contributed by atoms with Crippen LogP contribution >= 0.6 is 11.3 Å². The number of carboxylic acid groups (broad SMARTS) is 1. The third-order valence-corrected chi connectivity index (χ3v) is 9.32. The number of carbonyl (C=O) groups is 1. The van der Waals surface area contributed by atoms with E-state index in [2.05, 4.69) is 6.58 Å². The van der Waals surface area contributed by atoms with Gasteiger partial charge >= 0.3 is 5.97 Å². The van der Waals surface area contributed by atoms with Crippen molar-refractivity contribution >= 4 is 32.1 Å². The van der Waals surface area contributed by atoms with E-state index in [4.69, 9.17) is 5.11 Å². The van der Waals surface area contributed by atoms with Crippen molar-refractivity contribution in [3.63, 3.8) is 0 Å². The maximum absolute atomic E-state index is 13.2. The number of piperidine rings is 2. The van der Waals surface area contributed by atoms with E-state index in [0.717, 1.165) is 16.3 Å². The van der Waals surface area contributed by atoms with Gasteiger partial charge in [0.05, 0.1) is 17.5 Å². The highest BCUT2D eigenvalue weighted by molar-refractivity contribution is 7.94. The van der Waals surface area contributed by atoms with E-state index < -0.39 is 27.2 Å². The van der Waals surface area contributed by atoms with Crippen molar-refractivity contribution in [1.82, 2.24) is 4.90 Å². The number of thiophene rings is 1. The summed E-state index contributed by atoms with van der Waals surface area (Å²) < 4.78 is 26.6. The predicted molar refractivity (Wildman–Crippen MR) is 110 cm³/mol. The fourth-order valence-corrected chi connectivity index (χ4v) is 7.10. The van der Waals surface area contributed by atoms with E-state index in [1.165, 1.54) is 6.08 Å². The lowest BCUT2D eigenvalue weighted by Crippen LogP contribution is -2.49. The number of nitrogens with zero attached hydrogens (tertiary/aromatic N) is 3. The number of anilines is 1. The molecule has 3 heterocycles. The van der Waals surface area contributed by atoms with Crippen molar-refractivity contribution in [3.05, 3.63) is 34.9 Å². The highest BCUT2D eigenvalue weighted by atomic mass is 32.2. The number of likely N-dealkylation sites (tertiary alicyclic amines) is 1. The standard InChI is InChI=1S/C18H25N3O6S2/c1-2-16(20-9-3-4-14(12-20)21(24)25)29(26,27)17-6-5-15(28-17)19-10-7-13(8-11-19)18(22)23/h2,5-6,13-14,16H,1,3-4,7-12H2,(H,22,23). The zero-order chi connectivity index (χ0) is 21.2. The third kappa shape index (κ3) is 4.62. The topological polar surface area (TPSA) is 121 Å². The van der Waals surface area contributed by atoms with Crippen LogP contribution in [-0.4, -0.2) is 66.9 Å². The van der Waals surface area contributed by atoms with Crippen molar-refractivity contribution in [2.45, 2.75) is 41.3 Å². The van der Waals surface area contributed by atoms with E-state index in [-0.39, 0.29) is 21.6 Å². The van der Waals surface area contributed by atoms with Crippen LogP contribution in [0, 0.1) is 16.0 Å². The molecule has 0 spiro atoms. The number of hydrogen-bond donors (Lipinski definition) is 1. The van der Waals surface area contributed by atoms with E-state index in [1.54, 1.807) is 17.0 Å². The summed E-state index contributed by atoms with van der Waals surface area (Å²) in [5, 5.41) is 20.0. The normalized spacial score (nSPS) is 22.9. The molecular formula is C18H25N3O6S2. The molecule has 0 bridgehead atoms. The molecule has 2 aliphatic rings. The van der Waals surface area contributed by atoms with E-state index >= 15 is 0 Å². The van der Waals surface area contributed by atoms with Crippen molar-refractivity contribution < 1.29 is 23.2 Å². The predicted octanol–water partition coefficient (Wildman–Crippen LogP) is 2.08. The molecule has 29 heavy (non-hydrogen) atoms. The molecule has 0 saturated carbocycles. The average molecular weight is 444 g/mol. The molecule has 2 unspecified atom stereocenters. The molecular weight excluding hydrogens is 418 g/mol. The highest BCUT2D eigenvalue weighted by Gasteiger charge is 2.38. The van der Waals surface area contributed by atoms with Gasteiger partial charge in [-0.1, -0.05) is 6.08 Å². The summed E-state index contributed by atoms with van der Waals surface area (Å²) in [5.41, 5.74) is 0. The molecule has 0 radical (unpaired) electrons. The Morgan fingerprint density at radius 2 is 2.00 bits per heavy atom. The molecule has 0 aromatic carbocycles. The third-order valence-electron chi connectivity index (χ3n) is 5.61. The van der Waals surface area contributed by atoms with Gasteiger partial charge in [0, 0.05) is 31.0 Å². The Labute approximate surface area is 173 Å². The van der Waals surface area contributed by atoms with Gasteiger partial charge in [-0.2, -0.15) is 0 Å². The Hall–Kier alpha value is -1.98. The first-order valence-corrected chi connectivity index (χ1v) is 11.9. The van der Waals surface area contributed by atoms with E-state index in [1.807, 2.05) is 4.90 Å². The van der Waals surface area contributed by atoms with Crippen LogP contribution in [0.3, 0.4) is 0 Å². The van der Waals surface area contributed by atoms with Crippen LogP contribution in [-0.2, 0) is 14.6 Å².